The number of methoxy groups -OCH3 is 1. The molecule has 2 atom stereocenters. The maximum atomic E-state index is 13.7. The minimum absolute atomic E-state index is 0.226. The zero-order valence-corrected chi connectivity index (χ0v) is 19.4. The molecule has 0 radical (unpaired) electrons. The second kappa shape index (κ2) is 9.10. The third-order valence-electron chi connectivity index (χ3n) is 6.51. The van der Waals surface area contributed by atoms with Gasteiger partial charge in [0.1, 0.15) is 12.6 Å². The molecule has 0 saturated heterocycles. The van der Waals surface area contributed by atoms with Gasteiger partial charge in [-0.3, -0.25) is 14.4 Å². The van der Waals surface area contributed by atoms with Crippen LogP contribution in [0.1, 0.15) is 34.5 Å². The number of benzene rings is 3. The minimum Gasteiger partial charge on any atom is -0.468 e. The highest BCUT2D eigenvalue weighted by atomic mass is 16.5. The maximum Gasteiger partial charge on any atom is 0.325 e. The molecule has 1 aliphatic rings. The first-order chi connectivity index (χ1) is 17.0. The van der Waals surface area contributed by atoms with Crippen molar-refractivity contribution in [1.29, 1.82) is 0 Å². The van der Waals surface area contributed by atoms with Crippen molar-refractivity contribution in [2.75, 3.05) is 13.7 Å². The number of fused-ring (bicyclic) bond motifs is 2. The molecule has 5 rings (SSSR count). The Hall–Kier alpha value is -4.39. The zero-order chi connectivity index (χ0) is 24.5. The van der Waals surface area contributed by atoms with E-state index < -0.39 is 24.0 Å². The molecule has 7 nitrogen and oxygen atoms in total. The summed E-state index contributed by atoms with van der Waals surface area (Å²) in [5.74, 6) is -1.21. The fraction of sp³-hybridized carbons (Fsp3) is 0.179. The second-order valence-corrected chi connectivity index (χ2v) is 8.50. The fourth-order valence-corrected chi connectivity index (χ4v) is 4.82. The lowest BCUT2D eigenvalue weighted by atomic mass is 9.92. The van der Waals surface area contributed by atoms with Crippen molar-refractivity contribution < 1.29 is 19.1 Å². The van der Waals surface area contributed by atoms with Gasteiger partial charge in [0, 0.05) is 22.0 Å². The lowest BCUT2D eigenvalue weighted by Crippen LogP contribution is -2.48. The van der Waals surface area contributed by atoms with Crippen molar-refractivity contribution >= 4 is 28.7 Å². The number of hydrogen-bond acceptors (Lipinski definition) is 4. The van der Waals surface area contributed by atoms with Crippen LogP contribution >= 0.6 is 0 Å². The lowest BCUT2D eigenvalue weighted by Gasteiger charge is -2.31. The monoisotopic (exact) mass is 467 g/mol. The largest absolute Gasteiger partial charge is 0.468 e. The van der Waals surface area contributed by atoms with E-state index in [1.165, 1.54) is 7.11 Å². The summed E-state index contributed by atoms with van der Waals surface area (Å²) in [4.78, 5) is 43.5. The standard InChI is InChI=1S/C28H25N3O4/c1-17(27(33)29-16-23(32)35-2)31-26(19-12-6-7-13-20(19)28(31)34)24-21-14-8-9-15-22(21)30-25(24)18-10-4-3-5-11-18/h3-15,17,26,30H,16H2,1-2H3,(H,29,33)/t17-,26+/m0/s1. The number of nitrogens with zero attached hydrogens (tertiary/aromatic N) is 1. The predicted octanol–water partition coefficient (Wildman–Crippen LogP) is 4.06. The van der Waals surface area contributed by atoms with E-state index in [-0.39, 0.29) is 12.5 Å². The molecular weight excluding hydrogens is 442 g/mol. The van der Waals surface area contributed by atoms with E-state index in [1.54, 1.807) is 17.9 Å². The summed E-state index contributed by atoms with van der Waals surface area (Å²) < 4.78 is 4.63. The van der Waals surface area contributed by atoms with E-state index in [0.717, 1.165) is 33.3 Å². The molecule has 7 heteroatoms. The third kappa shape index (κ3) is 3.85. The highest BCUT2D eigenvalue weighted by molar-refractivity contribution is 6.04. The number of amides is 2. The van der Waals surface area contributed by atoms with Gasteiger partial charge in [0.25, 0.3) is 5.91 Å². The van der Waals surface area contributed by atoms with Crippen LogP contribution < -0.4 is 5.32 Å². The highest BCUT2D eigenvalue weighted by Crippen LogP contribution is 2.46. The van der Waals surface area contributed by atoms with Gasteiger partial charge >= 0.3 is 5.97 Å². The number of hydrogen-bond donors (Lipinski definition) is 2. The molecule has 0 unspecified atom stereocenters. The molecule has 0 aliphatic carbocycles. The summed E-state index contributed by atoms with van der Waals surface area (Å²) in [6.45, 7) is 1.42. The third-order valence-corrected chi connectivity index (χ3v) is 6.51. The van der Waals surface area contributed by atoms with Crippen molar-refractivity contribution in [3.63, 3.8) is 0 Å². The van der Waals surface area contributed by atoms with Crippen LogP contribution in [-0.4, -0.2) is 47.4 Å². The second-order valence-electron chi connectivity index (χ2n) is 8.50. The average molecular weight is 468 g/mol. The highest BCUT2D eigenvalue weighted by Gasteiger charge is 2.44. The Balaban J connectivity index is 1.68. The molecule has 3 aromatic carbocycles. The van der Waals surface area contributed by atoms with Gasteiger partial charge in [-0.25, -0.2) is 0 Å². The molecule has 0 spiro atoms. The number of para-hydroxylation sites is 1. The summed E-state index contributed by atoms with van der Waals surface area (Å²) in [6.07, 6.45) is 0. The SMILES string of the molecule is COC(=O)CNC(=O)[C@H](C)N1C(=O)c2ccccc2[C@@H]1c1c(-c2ccccc2)[nH]c2ccccc12. The topological polar surface area (TPSA) is 91.5 Å². The maximum absolute atomic E-state index is 13.7. The van der Waals surface area contributed by atoms with Crippen molar-refractivity contribution in [1.82, 2.24) is 15.2 Å². The van der Waals surface area contributed by atoms with Crippen molar-refractivity contribution in [3.05, 3.63) is 95.6 Å². The molecule has 1 aromatic heterocycles. The number of ether oxygens (including phenoxy) is 1. The Morgan fingerprint density at radius 2 is 1.69 bits per heavy atom. The van der Waals surface area contributed by atoms with Crippen molar-refractivity contribution in [2.45, 2.75) is 19.0 Å². The molecule has 2 amide bonds. The fourth-order valence-electron chi connectivity index (χ4n) is 4.82. The Morgan fingerprint density at radius 3 is 2.46 bits per heavy atom. The number of aromatic nitrogens is 1. The molecule has 0 bridgehead atoms. The number of carbonyl (C=O) groups is 3. The minimum atomic E-state index is -0.832. The van der Waals surface area contributed by atoms with Crippen molar-refractivity contribution in [2.24, 2.45) is 0 Å². The van der Waals surface area contributed by atoms with E-state index in [1.807, 2.05) is 72.8 Å². The number of rotatable bonds is 6. The van der Waals surface area contributed by atoms with Crippen LogP contribution in [-0.2, 0) is 14.3 Å². The van der Waals surface area contributed by atoms with E-state index in [9.17, 15) is 14.4 Å². The van der Waals surface area contributed by atoms with Gasteiger partial charge in [0.2, 0.25) is 5.91 Å². The average Bonchev–Trinajstić information content (AvgIpc) is 3.42. The zero-order valence-electron chi connectivity index (χ0n) is 19.4. The van der Waals surface area contributed by atoms with E-state index >= 15 is 0 Å². The summed E-state index contributed by atoms with van der Waals surface area (Å²) >= 11 is 0. The number of carbonyl (C=O) groups excluding carboxylic acids is 3. The lowest BCUT2D eigenvalue weighted by molar-refractivity contribution is -0.141. The Labute approximate surface area is 202 Å². The smallest absolute Gasteiger partial charge is 0.325 e. The number of esters is 1. The predicted molar refractivity (Wildman–Crippen MR) is 133 cm³/mol. The number of nitrogens with one attached hydrogen (secondary N) is 2. The first kappa shape index (κ1) is 22.4. The number of H-pyrrole nitrogens is 1. The van der Waals surface area contributed by atoms with Gasteiger partial charge < -0.3 is 19.9 Å². The van der Waals surface area contributed by atoms with Crippen LogP contribution in [0, 0.1) is 0 Å². The van der Waals surface area contributed by atoms with Crippen LogP contribution in [0.5, 0.6) is 0 Å². The van der Waals surface area contributed by atoms with E-state index in [4.69, 9.17) is 0 Å². The van der Waals surface area contributed by atoms with E-state index in [2.05, 4.69) is 15.0 Å². The van der Waals surface area contributed by atoms with Gasteiger partial charge in [-0.05, 0) is 30.2 Å². The first-order valence-electron chi connectivity index (χ1n) is 11.4. The summed E-state index contributed by atoms with van der Waals surface area (Å²) in [7, 11) is 1.26. The Morgan fingerprint density at radius 1 is 1.00 bits per heavy atom. The van der Waals surface area contributed by atoms with Crippen LogP contribution in [0.25, 0.3) is 22.2 Å². The summed E-state index contributed by atoms with van der Waals surface area (Å²) in [5, 5.41) is 3.57. The summed E-state index contributed by atoms with van der Waals surface area (Å²) in [6, 6.07) is 24.0. The van der Waals surface area contributed by atoms with Crippen LogP contribution in [0.4, 0.5) is 0 Å². The normalized spacial score (nSPS) is 15.7. The molecule has 35 heavy (non-hydrogen) atoms. The molecule has 1 aliphatic heterocycles. The molecule has 4 aromatic rings. The van der Waals surface area contributed by atoms with Gasteiger partial charge in [-0.2, -0.15) is 0 Å². The molecule has 0 saturated carbocycles. The molecule has 2 N–H and O–H groups in total. The molecule has 176 valence electrons. The first-order valence-corrected chi connectivity index (χ1v) is 11.4. The van der Waals surface area contributed by atoms with Gasteiger partial charge in [-0.15, -0.1) is 0 Å². The molecule has 2 heterocycles. The Kier molecular flexibility index (Phi) is 5.82. The Bertz CT molecular complexity index is 1430. The van der Waals surface area contributed by atoms with Crippen LogP contribution in [0.2, 0.25) is 0 Å². The summed E-state index contributed by atoms with van der Waals surface area (Å²) in [5.41, 5.74) is 5.16. The van der Waals surface area contributed by atoms with Gasteiger partial charge in [-0.1, -0.05) is 66.7 Å². The molecule has 0 fully saturated rings. The van der Waals surface area contributed by atoms with Crippen molar-refractivity contribution in [3.8, 4) is 11.3 Å². The molecular formula is C28H25N3O4. The van der Waals surface area contributed by atoms with Gasteiger partial charge in [0.15, 0.2) is 0 Å². The quantitative estimate of drug-likeness (QED) is 0.419. The van der Waals surface area contributed by atoms with E-state index in [0.29, 0.717) is 5.56 Å². The van der Waals surface area contributed by atoms with Crippen LogP contribution in [0.15, 0.2) is 78.9 Å². The van der Waals surface area contributed by atoms with Crippen LogP contribution in [0.3, 0.4) is 0 Å². The number of aromatic amines is 1. The van der Waals surface area contributed by atoms with Gasteiger partial charge in [0.05, 0.1) is 18.8 Å².